The Kier molecular flexibility index (Phi) is 6.26. The topological polar surface area (TPSA) is 127 Å². The molecule has 3 aromatic heterocycles. The van der Waals surface area contributed by atoms with E-state index in [-0.39, 0.29) is 36.8 Å². The lowest BCUT2D eigenvalue weighted by molar-refractivity contribution is 0.0939. The molecule has 0 fully saturated rings. The lowest BCUT2D eigenvalue weighted by Crippen LogP contribution is -2.31. The van der Waals surface area contributed by atoms with Crippen LogP contribution in [0.15, 0.2) is 50.6 Å². The number of aliphatic hydroxyl groups excluding tert-OH is 1. The zero-order chi connectivity index (χ0) is 22.8. The number of aryl methyl sites for hydroxylation is 1. The average molecular weight is 480 g/mol. The second-order valence-corrected chi connectivity index (χ2v) is 7.85. The highest BCUT2D eigenvalue weighted by Crippen LogP contribution is 2.27. The summed E-state index contributed by atoms with van der Waals surface area (Å²) in [7, 11) is 1.50. The van der Waals surface area contributed by atoms with Gasteiger partial charge < -0.3 is 24.1 Å². The minimum Gasteiger partial charge on any atom is -0.489 e. The lowest BCUT2D eigenvalue weighted by Gasteiger charge is -2.16. The molecular formula is C20H19Cl2N5O5. The second-order valence-electron chi connectivity index (χ2n) is 7.01. The number of nitrogens with one attached hydrogen (secondary N) is 2. The molecule has 4 aromatic rings. The summed E-state index contributed by atoms with van der Waals surface area (Å²) < 4.78 is 13.6. The maximum Gasteiger partial charge on any atom is 0.329 e. The van der Waals surface area contributed by atoms with Crippen molar-refractivity contribution in [3.63, 3.8) is 0 Å². The first-order valence-electron chi connectivity index (χ1n) is 9.55. The molecule has 10 nitrogen and oxygen atoms in total. The Bertz CT molecular complexity index is 1360. The number of halogens is 2. The van der Waals surface area contributed by atoms with Crippen LogP contribution in [-0.2, 0) is 20.1 Å². The molecule has 32 heavy (non-hydrogen) atoms. The number of anilines is 1. The van der Waals surface area contributed by atoms with Crippen LogP contribution in [-0.4, -0.2) is 36.9 Å². The van der Waals surface area contributed by atoms with Crippen molar-refractivity contribution in [3.05, 3.63) is 73.2 Å². The number of aromatic nitrogens is 4. The van der Waals surface area contributed by atoms with E-state index in [1.165, 1.54) is 28.5 Å². The maximum atomic E-state index is 12.5. The van der Waals surface area contributed by atoms with Crippen molar-refractivity contribution in [2.75, 3.05) is 11.9 Å². The number of imidazole rings is 1. The van der Waals surface area contributed by atoms with Gasteiger partial charge in [-0.3, -0.25) is 14.3 Å². The summed E-state index contributed by atoms with van der Waals surface area (Å²) in [6.45, 7) is 0.140. The van der Waals surface area contributed by atoms with E-state index in [2.05, 4.69) is 15.3 Å². The van der Waals surface area contributed by atoms with Crippen LogP contribution < -0.4 is 21.3 Å². The van der Waals surface area contributed by atoms with Gasteiger partial charge >= 0.3 is 5.69 Å². The molecule has 0 amide bonds. The highest BCUT2D eigenvalue weighted by atomic mass is 35.5. The highest BCUT2D eigenvalue weighted by Gasteiger charge is 2.20. The Labute approximate surface area is 191 Å². The molecule has 0 radical (unpaired) electrons. The number of aliphatic hydroxyl groups is 1. The second kappa shape index (κ2) is 9.11. The van der Waals surface area contributed by atoms with E-state index in [1.54, 1.807) is 24.3 Å². The quantitative estimate of drug-likeness (QED) is 0.353. The van der Waals surface area contributed by atoms with Gasteiger partial charge in [0, 0.05) is 12.1 Å². The third-order valence-corrected chi connectivity index (χ3v) is 5.26. The first-order valence-corrected chi connectivity index (χ1v) is 10.3. The van der Waals surface area contributed by atoms with Gasteiger partial charge in [0.1, 0.15) is 24.2 Å². The molecule has 0 spiro atoms. The fraction of sp³-hybridized carbons (Fsp3) is 0.250. The van der Waals surface area contributed by atoms with Gasteiger partial charge in [-0.2, -0.15) is 4.98 Å². The average Bonchev–Trinajstić information content (AvgIpc) is 3.38. The molecule has 0 aliphatic heterocycles. The minimum absolute atomic E-state index is 0.0382. The number of benzene rings is 1. The molecule has 12 heteroatoms. The highest BCUT2D eigenvalue weighted by molar-refractivity contribution is 6.35. The number of ether oxygens (including phenoxy) is 1. The van der Waals surface area contributed by atoms with Crippen LogP contribution in [0.1, 0.15) is 5.76 Å². The van der Waals surface area contributed by atoms with Crippen molar-refractivity contribution in [3.8, 4) is 5.75 Å². The largest absolute Gasteiger partial charge is 0.489 e. The number of furan rings is 1. The molecular weight excluding hydrogens is 461 g/mol. The predicted molar refractivity (Wildman–Crippen MR) is 120 cm³/mol. The monoisotopic (exact) mass is 479 g/mol. The number of aromatic amines is 1. The van der Waals surface area contributed by atoms with Crippen molar-refractivity contribution < 1.29 is 14.3 Å². The smallest absolute Gasteiger partial charge is 0.329 e. The van der Waals surface area contributed by atoms with Crippen LogP contribution >= 0.6 is 23.2 Å². The van der Waals surface area contributed by atoms with Gasteiger partial charge in [-0.05, 0) is 30.3 Å². The Morgan fingerprint density at radius 3 is 2.84 bits per heavy atom. The number of rotatable bonds is 8. The minimum atomic E-state index is -1.03. The van der Waals surface area contributed by atoms with E-state index >= 15 is 0 Å². The van der Waals surface area contributed by atoms with Crippen molar-refractivity contribution in [2.24, 2.45) is 7.05 Å². The SMILES string of the molecule is Cn1c(=O)[nH]c(=O)c2c1nc(NCc1ccco1)n2C[C@H](O)COc1ccc(Cl)cc1Cl. The van der Waals surface area contributed by atoms with E-state index in [1.807, 2.05) is 0 Å². The van der Waals surface area contributed by atoms with Crippen LogP contribution in [0.4, 0.5) is 5.95 Å². The van der Waals surface area contributed by atoms with Crippen LogP contribution in [0.5, 0.6) is 5.75 Å². The molecule has 0 aliphatic rings. The Hall–Kier alpha value is -3.21. The molecule has 0 bridgehead atoms. The molecule has 0 saturated heterocycles. The number of fused-ring (bicyclic) bond motifs is 1. The predicted octanol–water partition coefficient (Wildman–Crippen LogP) is 2.38. The lowest BCUT2D eigenvalue weighted by atomic mass is 10.3. The standard InChI is InChI=1S/C20H19Cl2N5O5/c1-26-17-16(18(29)25-20(26)30)27(19(24-17)23-8-13-3-2-6-31-13)9-12(28)10-32-15-5-4-11(21)7-14(15)22/h2-7,12,28H,8-10H2,1H3,(H,23,24)(H,25,29,30)/t12-/m0/s1. The van der Waals surface area contributed by atoms with Crippen LogP contribution in [0.3, 0.4) is 0 Å². The van der Waals surface area contributed by atoms with Gasteiger partial charge in [0.25, 0.3) is 5.56 Å². The maximum absolute atomic E-state index is 12.5. The summed E-state index contributed by atoms with van der Waals surface area (Å²) in [5, 5.41) is 14.5. The molecule has 4 rings (SSSR count). The number of nitrogens with zero attached hydrogens (tertiary/aromatic N) is 3. The molecule has 1 atom stereocenters. The van der Waals surface area contributed by atoms with Gasteiger partial charge in [0.2, 0.25) is 5.95 Å². The Balaban J connectivity index is 1.61. The number of hydrogen-bond acceptors (Lipinski definition) is 7. The van der Waals surface area contributed by atoms with E-state index in [9.17, 15) is 14.7 Å². The van der Waals surface area contributed by atoms with Gasteiger partial charge in [0.05, 0.1) is 24.4 Å². The molecule has 0 aliphatic carbocycles. The number of H-pyrrole nitrogens is 1. The molecule has 3 N–H and O–H groups in total. The normalized spacial score (nSPS) is 12.2. The van der Waals surface area contributed by atoms with Crippen LogP contribution in [0.25, 0.3) is 11.2 Å². The van der Waals surface area contributed by atoms with E-state index in [0.717, 1.165) is 0 Å². The van der Waals surface area contributed by atoms with Gasteiger partial charge in [0.15, 0.2) is 11.2 Å². The Morgan fingerprint density at radius 1 is 1.31 bits per heavy atom. The summed E-state index contributed by atoms with van der Waals surface area (Å²) in [5.74, 6) is 1.29. The first-order chi connectivity index (χ1) is 15.3. The van der Waals surface area contributed by atoms with E-state index < -0.39 is 17.4 Å². The molecule has 0 unspecified atom stereocenters. The molecule has 168 valence electrons. The zero-order valence-electron chi connectivity index (χ0n) is 16.8. The zero-order valence-corrected chi connectivity index (χ0v) is 18.4. The third-order valence-electron chi connectivity index (χ3n) is 4.73. The van der Waals surface area contributed by atoms with E-state index in [4.69, 9.17) is 32.4 Å². The van der Waals surface area contributed by atoms with Gasteiger partial charge in [-0.1, -0.05) is 23.2 Å². The Morgan fingerprint density at radius 2 is 2.12 bits per heavy atom. The summed E-state index contributed by atoms with van der Waals surface area (Å²) in [6.07, 6.45) is 0.511. The van der Waals surface area contributed by atoms with E-state index in [0.29, 0.717) is 21.6 Å². The number of hydrogen-bond donors (Lipinski definition) is 3. The first kappa shape index (κ1) is 22.0. The van der Waals surface area contributed by atoms with Crippen molar-refractivity contribution >= 4 is 40.3 Å². The summed E-state index contributed by atoms with van der Waals surface area (Å²) in [4.78, 5) is 31.2. The van der Waals surface area contributed by atoms with Crippen LogP contribution in [0.2, 0.25) is 10.0 Å². The van der Waals surface area contributed by atoms with Crippen molar-refractivity contribution in [1.82, 2.24) is 19.1 Å². The summed E-state index contributed by atoms with van der Waals surface area (Å²) in [6, 6.07) is 8.28. The molecule has 3 heterocycles. The third kappa shape index (κ3) is 4.52. The van der Waals surface area contributed by atoms with Crippen molar-refractivity contribution in [2.45, 2.75) is 19.2 Å². The van der Waals surface area contributed by atoms with Crippen LogP contribution in [0, 0.1) is 0 Å². The fourth-order valence-electron chi connectivity index (χ4n) is 3.17. The molecule has 0 saturated carbocycles. The van der Waals surface area contributed by atoms with Crippen molar-refractivity contribution in [1.29, 1.82) is 0 Å². The van der Waals surface area contributed by atoms with Gasteiger partial charge in [-0.15, -0.1) is 0 Å². The summed E-state index contributed by atoms with van der Waals surface area (Å²) in [5.41, 5.74) is -0.895. The fourth-order valence-corrected chi connectivity index (χ4v) is 3.63. The molecule has 1 aromatic carbocycles. The van der Waals surface area contributed by atoms with Gasteiger partial charge in [-0.25, -0.2) is 4.79 Å². The summed E-state index contributed by atoms with van der Waals surface area (Å²) >= 11 is 12.0.